The summed E-state index contributed by atoms with van der Waals surface area (Å²) in [5.41, 5.74) is 0.869. The Labute approximate surface area is 133 Å². The number of rotatable bonds is 5. The number of nitrogens with one attached hydrogen (secondary N) is 3. The van der Waals surface area contributed by atoms with Gasteiger partial charge in [0.2, 0.25) is 0 Å². The monoisotopic (exact) mass is 317 g/mol. The van der Waals surface area contributed by atoms with Gasteiger partial charge in [0.05, 0.1) is 25.4 Å². The largest absolute Gasteiger partial charge is 0.379 e. The summed E-state index contributed by atoms with van der Waals surface area (Å²) in [5, 5.41) is 2.86. The lowest BCUT2D eigenvalue weighted by Crippen LogP contribution is -2.50. The molecule has 0 aliphatic carbocycles. The van der Waals surface area contributed by atoms with Gasteiger partial charge < -0.3 is 24.8 Å². The molecular weight excluding hydrogens is 298 g/mol. The molecule has 23 heavy (non-hydrogen) atoms. The van der Waals surface area contributed by atoms with Gasteiger partial charge in [-0.2, -0.15) is 0 Å². The minimum Gasteiger partial charge on any atom is -0.379 e. The first-order chi connectivity index (χ1) is 11.2. The molecule has 122 valence electrons. The van der Waals surface area contributed by atoms with Crippen LogP contribution in [0, 0.1) is 0 Å². The number of aromatic amines is 2. The molecule has 1 amide bonds. The molecule has 0 radical (unpaired) electrons. The van der Waals surface area contributed by atoms with Crippen LogP contribution in [0.25, 0.3) is 0 Å². The van der Waals surface area contributed by atoms with Gasteiger partial charge in [0, 0.05) is 12.8 Å². The molecule has 1 aliphatic heterocycles. The number of amides is 1. The fourth-order valence-electron chi connectivity index (χ4n) is 2.53. The fraction of sp³-hybridized carbons (Fsp3) is 0.375. The van der Waals surface area contributed by atoms with Crippen molar-refractivity contribution in [1.82, 2.24) is 15.3 Å². The average molecular weight is 317 g/mol. The number of hydrogen-bond donors (Lipinski definition) is 3. The highest BCUT2D eigenvalue weighted by Gasteiger charge is 2.28. The minimum absolute atomic E-state index is 0.126. The van der Waals surface area contributed by atoms with E-state index in [0.29, 0.717) is 26.2 Å². The van der Waals surface area contributed by atoms with Crippen molar-refractivity contribution in [2.75, 3.05) is 13.2 Å². The van der Waals surface area contributed by atoms with E-state index in [2.05, 4.69) is 15.3 Å². The van der Waals surface area contributed by atoms with E-state index in [-0.39, 0.29) is 23.7 Å². The van der Waals surface area contributed by atoms with Crippen LogP contribution in [0.4, 0.5) is 0 Å². The molecule has 1 aliphatic rings. The van der Waals surface area contributed by atoms with E-state index in [9.17, 15) is 9.59 Å². The molecule has 2 aromatic rings. The second-order valence-corrected chi connectivity index (χ2v) is 5.44. The summed E-state index contributed by atoms with van der Waals surface area (Å²) in [4.78, 5) is 28.0. The van der Waals surface area contributed by atoms with Gasteiger partial charge in [-0.3, -0.25) is 4.79 Å². The van der Waals surface area contributed by atoms with Gasteiger partial charge in [-0.15, -0.1) is 0 Å². The summed E-state index contributed by atoms with van der Waals surface area (Å²) >= 11 is 0. The molecule has 1 aromatic heterocycles. The molecule has 0 bridgehead atoms. The van der Waals surface area contributed by atoms with Crippen LogP contribution in [0.5, 0.6) is 0 Å². The summed E-state index contributed by atoms with van der Waals surface area (Å²) in [6, 6.07) is 9.63. The third-order valence-electron chi connectivity index (χ3n) is 3.76. The Bertz CT molecular complexity index is 695. The van der Waals surface area contributed by atoms with Crippen molar-refractivity contribution in [3.8, 4) is 0 Å². The third-order valence-corrected chi connectivity index (χ3v) is 3.76. The van der Waals surface area contributed by atoms with E-state index >= 15 is 0 Å². The molecule has 0 unspecified atom stereocenters. The first-order valence-corrected chi connectivity index (χ1v) is 7.54. The topological polar surface area (TPSA) is 96.2 Å². The number of benzene rings is 1. The third kappa shape index (κ3) is 4.08. The second-order valence-electron chi connectivity index (χ2n) is 5.44. The van der Waals surface area contributed by atoms with Gasteiger partial charge >= 0.3 is 5.69 Å². The Hall–Kier alpha value is -2.38. The number of hydrogen-bond acceptors (Lipinski definition) is 4. The van der Waals surface area contributed by atoms with Crippen molar-refractivity contribution in [2.24, 2.45) is 0 Å². The SMILES string of the molecule is O=C(N[C@@H]1COCC[C@@H]1OCc1ccccc1)c1c[nH]c(=O)[nH]1. The Morgan fingerprint density at radius 2 is 2.17 bits per heavy atom. The van der Waals surface area contributed by atoms with Crippen molar-refractivity contribution in [3.05, 3.63) is 58.3 Å². The summed E-state index contributed by atoms with van der Waals surface area (Å²) in [6.45, 7) is 1.48. The van der Waals surface area contributed by atoms with Crippen LogP contribution in [0.2, 0.25) is 0 Å². The normalized spacial score (nSPS) is 21.0. The molecule has 0 saturated carbocycles. The van der Waals surface area contributed by atoms with E-state index in [1.807, 2.05) is 30.3 Å². The van der Waals surface area contributed by atoms with Gasteiger partial charge in [-0.05, 0) is 12.0 Å². The average Bonchev–Trinajstić information content (AvgIpc) is 3.02. The lowest BCUT2D eigenvalue weighted by Gasteiger charge is -2.32. The molecule has 7 heteroatoms. The van der Waals surface area contributed by atoms with Crippen LogP contribution in [-0.2, 0) is 16.1 Å². The van der Waals surface area contributed by atoms with Crippen molar-refractivity contribution in [2.45, 2.75) is 25.2 Å². The molecular formula is C16H19N3O4. The molecule has 3 rings (SSSR count). The summed E-state index contributed by atoms with van der Waals surface area (Å²) < 4.78 is 11.4. The van der Waals surface area contributed by atoms with E-state index in [1.165, 1.54) is 6.20 Å². The van der Waals surface area contributed by atoms with Gasteiger partial charge in [0.15, 0.2) is 0 Å². The molecule has 7 nitrogen and oxygen atoms in total. The van der Waals surface area contributed by atoms with Crippen molar-refractivity contribution < 1.29 is 14.3 Å². The summed E-state index contributed by atoms with van der Waals surface area (Å²) in [6.07, 6.45) is 1.93. The maximum atomic E-state index is 12.1. The molecule has 2 heterocycles. The predicted molar refractivity (Wildman–Crippen MR) is 83.1 cm³/mol. The van der Waals surface area contributed by atoms with E-state index < -0.39 is 5.69 Å². The molecule has 2 atom stereocenters. The van der Waals surface area contributed by atoms with Crippen LogP contribution in [-0.4, -0.2) is 41.2 Å². The Morgan fingerprint density at radius 3 is 2.91 bits per heavy atom. The zero-order valence-corrected chi connectivity index (χ0v) is 12.6. The number of carbonyl (C=O) groups is 1. The highest BCUT2D eigenvalue weighted by molar-refractivity contribution is 5.92. The van der Waals surface area contributed by atoms with Gasteiger partial charge in [-0.1, -0.05) is 30.3 Å². The van der Waals surface area contributed by atoms with Crippen LogP contribution in [0.15, 0.2) is 41.3 Å². The number of ether oxygens (including phenoxy) is 2. The van der Waals surface area contributed by atoms with Crippen molar-refractivity contribution >= 4 is 5.91 Å². The van der Waals surface area contributed by atoms with Crippen LogP contribution in [0.1, 0.15) is 22.5 Å². The summed E-state index contributed by atoms with van der Waals surface area (Å²) in [5.74, 6) is -0.354. The van der Waals surface area contributed by atoms with Gasteiger partial charge in [-0.25, -0.2) is 4.79 Å². The first-order valence-electron chi connectivity index (χ1n) is 7.54. The number of H-pyrrole nitrogens is 2. The maximum Gasteiger partial charge on any atom is 0.323 e. The molecule has 0 spiro atoms. The fourth-order valence-corrected chi connectivity index (χ4v) is 2.53. The highest BCUT2D eigenvalue weighted by atomic mass is 16.5. The molecule has 1 fully saturated rings. The minimum atomic E-state index is -0.410. The van der Waals surface area contributed by atoms with Crippen LogP contribution >= 0.6 is 0 Å². The molecule has 1 aromatic carbocycles. The molecule has 1 saturated heterocycles. The van der Waals surface area contributed by atoms with E-state index in [4.69, 9.17) is 9.47 Å². The number of imidazole rings is 1. The quantitative estimate of drug-likeness (QED) is 0.760. The lowest BCUT2D eigenvalue weighted by molar-refractivity contribution is -0.0605. The molecule has 3 N–H and O–H groups in total. The summed E-state index contributed by atoms with van der Waals surface area (Å²) in [7, 11) is 0. The van der Waals surface area contributed by atoms with Crippen LogP contribution in [0.3, 0.4) is 0 Å². The second kappa shape index (κ2) is 7.26. The van der Waals surface area contributed by atoms with Gasteiger partial charge in [0.1, 0.15) is 5.69 Å². The zero-order valence-electron chi connectivity index (χ0n) is 12.6. The Balaban J connectivity index is 1.59. The van der Waals surface area contributed by atoms with Crippen molar-refractivity contribution in [3.63, 3.8) is 0 Å². The van der Waals surface area contributed by atoms with Crippen LogP contribution < -0.4 is 11.0 Å². The lowest BCUT2D eigenvalue weighted by atomic mass is 10.1. The predicted octanol–water partition coefficient (Wildman–Crippen LogP) is 0.807. The maximum absolute atomic E-state index is 12.1. The standard InChI is InChI=1S/C16H19N3O4/c20-15(12-8-17-16(21)19-12)18-13-10-22-7-6-14(13)23-9-11-4-2-1-3-5-11/h1-5,8,13-14H,6-7,9-10H2,(H,18,20)(H2,17,19,21)/t13-,14+/m1/s1. The van der Waals surface area contributed by atoms with E-state index in [0.717, 1.165) is 5.56 Å². The highest BCUT2D eigenvalue weighted by Crippen LogP contribution is 2.15. The smallest absolute Gasteiger partial charge is 0.323 e. The Morgan fingerprint density at radius 1 is 1.35 bits per heavy atom. The van der Waals surface area contributed by atoms with Gasteiger partial charge in [0.25, 0.3) is 5.91 Å². The zero-order chi connectivity index (χ0) is 16.1. The first kappa shape index (κ1) is 15.5. The number of carbonyl (C=O) groups excluding carboxylic acids is 1. The van der Waals surface area contributed by atoms with E-state index in [1.54, 1.807) is 0 Å². The van der Waals surface area contributed by atoms with Crippen molar-refractivity contribution in [1.29, 1.82) is 0 Å². The number of aromatic nitrogens is 2. The Kier molecular flexibility index (Phi) is 4.89.